The number of benzene rings is 1. The SMILES string of the molecule is CCc1c(C(=O)C(=O)O)ccc(OC)c1F. The fourth-order valence-corrected chi connectivity index (χ4v) is 1.43. The summed E-state index contributed by atoms with van der Waals surface area (Å²) in [7, 11) is 1.30. The lowest BCUT2D eigenvalue weighted by Gasteiger charge is -2.09. The van der Waals surface area contributed by atoms with E-state index in [-0.39, 0.29) is 23.3 Å². The summed E-state index contributed by atoms with van der Waals surface area (Å²) in [6.45, 7) is 1.64. The Bertz CT molecular complexity index is 440. The van der Waals surface area contributed by atoms with Crippen molar-refractivity contribution >= 4 is 11.8 Å². The van der Waals surface area contributed by atoms with Crippen LogP contribution in [0, 0.1) is 5.82 Å². The van der Waals surface area contributed by atoms with Crippen molar-refractivity contribution in [2.75, 3.05) is 7.11 Å². The maximum Gasteiger partial charge on any atom is 0.377 e. The lowest BCUT2D eigenvalue weighted by Crippen LogP contribution is -2.16. The minimum atomic E-state index is -1.60. The number of aliphatic carboxylic acids is 1. The number of methoxy groups -OCH3 is 1. The Morgan fingerprint density at radius 1 is 1.44 bits per heavy atom. The highest BCUT2D eigenvalue weighted by Crippen LogP contribution is 2.24. The van der Waals surface area contributed by atoms with Crippen LogP contribution < -0.4 is 4.74 Å². The first-order valence-electron chi connectivity index (χ1n) is 4.65. The fraction of sp³-hybridized carbons (Fsp3) is 0.273. The average molecular weight is 226 g/mol. The van der Waals surface area contributed by atoms with Gasteiger partial charge in [-0.2, -0.15) is 0 Å². The number of ether oxygens (including phenoxy) is 1. The predicted octanol–water partition coefficient (Wildman–Crippen LogP) is 1.66. The Hall–Kier alpha value is -1.91. The summed E-state index contributed by atoms with van der Waals surface area (Å²) in [5.41, 5.74) is -0.0694. The van der Waals surface area contributed by atoms with Gasteiger partial charge in [0, 0.05) is 11.1 Å². The molecule has 1 rings (SSSR count). The van der Waals surface area contributed by atoms with Gasteiger partial charge in [-0.05, 0) is 18.6 Å². The zero-order valence-electron chi connectivity index (χ0n) is 8.91. The number of Topliss-reactive ketones (excluding diaryl/α,β-unsaturated/α-hetero) is 1. The molecular formula is C11H11FO4. The highest BCUT2D eigenvalue weighted by Gasteiger charge is 2.22. The molecule has 1 aromatic rings. The number of carbonyl (C=O) groups is 2. The summed E-state index contributed by atoms with van der Waals surface area (Å²) in [6, 6.07) is 2.50. The standard InChI is InChI=1S/C11H11FO4/c1-3-6-7(10(13)11(14)15)4-5-8(16-2)9(6)12/h4-5H,3H2,1-2H3,(H,14,15). The molecule has 0 heterocycles. The third-order valence-electron chi connectivity index (χ3n) is 2.22. The molecule has 1 N–H and O–H groups in total. The van der Waals surface area contributed by atoms with Crippen LogP contribution in [-0.4, -0.2) is 24.0 Å². The highest BCUT2D eigenvalue weighted by atomic mass is 19.1. The van der Waals surface area contributed by atoms with Crippen LogP contribution in [0.4, 0.5) is 4.39 Å². The van der Waals surface area contributed by atoms with Crippen LogP contribution in [0.2, 0.25) is 0 Å². The zero-order chi connectivity index (χ0) is 12.3. The molecule has 0 unspecified atom stereocenters. The molecule has 0 radical (unpaired) electrons. The van der Waals surface area contributed by atoms with Crippen LogP contribution in [0.5, 0.6) is 5.75 Å². The molecule has 16 heavy (non-hydrogen) atoms. The van der Waals surface area contributed by atoms with Crippen molar-refractivity contribution in [3.05, 3.63) is 29.1 Å². The van der Waals surface area contributed by atoms with E-state index in [0.717, 1.165) is 0 Å². The number of ketones is 1. The van der Waals surface area contributed by atoms with Crippen LogP contribution in [0.3, 0.4) is 0 Å². The molecule has 4 nitrogen and oxygen atoms in total. The topological polar surface area (TPSA) is 63.6 Å². The normalized spacial score (nSPS) is 9.94. The quantitative estimate of drug-likeness (QED) is 0.626. The van der Waals surface area contributed by atoms with Gasteiger partial charge >= 0.3 is 5.97 Å². The first-order valence-corrected chi connectivity index (χ1v) is 4.65. The molecule has 0 aliphatic heterocycles. The molecule has 0 saturated heterocycles. The Kier molecular flexibility index (Phi) is 3.60. The summed E-state index contributed by atoms with van der Waals surface area (Å²) < 4.78 is 18.4. The molecule has 0 amide bonds. The maximum absolute atomic E-state index is 13.7. The summed E-state index contributed by atoms with van der Waals surface area (Å²) >= 11 is 0. The monoisotopic (exact) mass is 226 g/mol. The van der Waals surface area contributed by atoms with Gasteiger partial charge in [-0.1, -0.05) is 6.92 Å². The van der Waals surface area contributed by atoms with Gasteiger partial charge in [0.1, 0.15) is 0 Å². The first kappa shape index (κ1) is 12.2. The zero-order valence-corrected chi connectivity index (χ0v) is 8.91. The lowest BCUT2D eigenvalue weighted by molar-refractivity contribution is -0.131. The molecule has 0 saturated carbocycles. The van der Waals surface area contributed by atoms with Crippen molar-refractivity contribution in [3.8, 4) is 5.75 Å². The van der Waals surface area contributed by atoms with Crippen LogP contribution >= 0.6 is 0 Å². The van der Waals surface area contributed by atoms with Crippen LogP contribution in [0.25, 0.3) is 0 Å². The van der Waals surface area contributed by atoms with Gasteiger partial charge in [-0.25, -0.2) is 9.18 Å². The van der Waals surface area contributed by atoms with E-state index in [1.807, 2.05) is 0 Å². The third kappa shape index (κ3) is 2.03. The van der Waals surface area contributed by atoms with Gasteiger partial charge in [0.05, 0.1) is 7.11 Å². The van der Waals surface area contributed by atoms with Crippen molar-refractivity contribution in [1.82, 2.24) is 0 Å². The van der Waals surface area contributed by atoms with Crippen molar-refractivity contribution in [3.63, 3.8) is 0 Å². The van der Waals surface area contributed by atoms with Gasteiger partial charge in [0.15, 0.2) is 11.6 Å². The molecule has 0 bridgehead atoms. The summed E-state index contributed by atoms with van der Waals surface area (Å²) in [6.07, 6.45) is 0.220. The Morgan fingerprint density at radius 2 is 2.06 bits per heavy atom. The second kappa shape index (κ2) is 4.74. The second-order valence-corrected chi connectivity index (χ2v) is 3.10. The number of carboxylic acid groups (broad SMARTS) is 1. The number of hydrogen-bond donors (Lipinski definition) is 1. The predicted molar refractivity (Wildman–Crippen MR) is 54.3 cm³/mol. The fourth-order valence-electron chi connectivity index (χ4n) is 1.43. The molecule has 0 aliphatic rings. The summed E-state index contributed by atoms with van der Waals surface area (Å²) in [5, 5.41) is 8.57. The molecule has 0 aliphatic carbocycles. The molecule has 86 valence electrons. The Balaban J connectivity index is 3.37. The van der Waals surface area contributed by atoms with Crippen molar-refractivity contribution < 1.29 is 23.8 Å². The Morgan fingerprint density at radius 3 is 2.50 bits per heavy atom. The second-order valence-electron chi connectivity index (χ2n) is 3.10. The molecule has 0 fully saturated rings. The summed E-state index contributed by atoms with van der Waals surface area (Å²) in [4.78, 5) is 21.8. The Labute approximate surface area is 91.7 Å². The van der Waals surface area contributed by atoms with Gasteiger partial charge < -0.3 is 9.84 Å². The molecular weight excluding hydrogens is 215 g/mol. The number of carbonyl (C=O) groups excluding carboxylic acids is 1. The molecule has 5 heteroatoms. The van der Waals surface area contributed by atoms with Crippen molar-refractivity contribution in [2.45, 2.75) is 13.3 Å². The number of hydrogen-bond acceptors (Lipinski definition) is 3. The molecule has 0 atom stereocenters. The van der Waals surface area contributed by atoms with Crippen LogP contribution in [0.15, 0.2) is 12.1 Å². The van der Waals surface area contributed by atoms with E-state index in [1.165, 1.54) is 19.2 Å². The minimum absolute atomic E-state index is 0.00112. The minimum Gasteiger partial charge on any atom is -0.494 e. The highest BCUT2D eigenvalue weighted by molar-refractivity contribution is 6.40. The number of carboxylic acids is 1. The van der Waals surface area contributed by atoms with E-state index in [1.54, 1.807) is 6.92 Å². The van der Waals surface area contributed by atoms with E-state index in [2.05, 4.69) is 0 Å². The average Bonchev–Trinajstić information content (AvgIpc) is 2.27. The van der Waals surface area contributed by atoms with Gasteiger partial charge in [0.2, 0.25) is 0 Å². The molecule has 0 aromatic heterocycles. The van der Waals surface area contributed by atoms with Gasteiger partial charge in [0.25, 0.3) is 5.78 Å². The van der Waals surface area contributed by atoms with Crippen LogP contribution in [0.1, 0.15) is 22.8 Å². The number of rotatable bonds is 4. The molecule has 1 aromatic carbocycles. The third-order valence-corrected chi connectivity index (χ3v) is 2.22. The lowest BCUT2D eigenvalue weighted by atomic mass is 10.0. The van der Waals surface area contributed by atoms with Gasteiger partial charge in [-0.15, -0.1) is 0 Å². The van der Waals surface area contributed by atoms with E-state index in [0.29, 0.717) is 0 Å². The van der Waals surface area contributed by atoms with Gasteiger partial charge in [-0.3, -0.25) is 4.79 Å². The van der Waals surface area contributed by atoms with E-state index < -0.39 is 17.6 Å². The molecule has 0 spiro atoms. The van der Waals surface area contributed by atoms with E-state index in [4.69, 9.17) is 9.84 Å². The summed E-state index contributed by atoms with van der Waals surface area (Å²) in [5.74, 6) is -3.39. The first-order chi connectivity index (χ1) is 7.52. The van der Waals surface area contributed by atoms with Crippen molar-refractivity contribution in [2.24, 2.45) is 0 Å². The maximum atomic E-state index is 13.7. The van der Waals surface area contributed by atoms with Crippen molar-refractivity contribution in [1.29, 1.82) is 0 Å². The van der Waals surface area contributed by atoms with E-state index in [9.17, 15) is 14.0 Å². The number of halogens is 1. The largest absolute Gasteiger partial charge is 0.494 e. The smallest absolute Gasteiger partial charge is 0.377 e. The van der Waals surface area contributed by atoms with E-state index >= 15 is 0 Å². The van der Waals surface area contributed by atoms with Crippen LogP contribution in [-0.2, 0) is 11.2 Å².